The van der Waals surface area contributed by atoms with Gasteiger partial charge in [-0.2, -0.15) is 0 Å². The molecule has 2 aromatic rings. The Morgan fingerprint density at radius 3 is 2.35 bits per heavy atom. The highest BCUT2D eigenvalue weighted by molar-refractivity contribution is 9.10. The zero-order valence-corrected chi connectivity index (χ0v) is 15.3. The summed E-state index contributed by atoms with van der Waals surface area (Å²) in [6.07, 6.45) is -4.71. The van der Waals surface area contributed by atoms with Crippen molar-refractivity contribution in [3.05, 3.63) is 58.1 Å². The zero-order chi connectivity index (χ0) is 18.7. The van der Waals surface area contributed by atoms with E-state index >= 15 is 0 Å². The van der Waals surface area contributed by atoms with Crippen LogP contribution in [0.5, 0.6) is 11.5 Å². The molecule has 1 fully saturated rings. The molecule has 0 unspecified atom stereocenters. The van der Waals surface area contributed by atoms with Gasteiger partial charge in [-0.15, -0.1) is 13.2 Å². The number of hydrogen-bond donors (Lipinski definition) is 2. The Morgan fingerprint density at radius 1 is 1.08 bits per heavy atom. The molecule has 0 amide bonds. The number of aromatic hydroxyl groups is 1. The lowest BCUT2D eigenvalue weighted by Crippen LogP contribution is -2.45. The van der Waals surface area contributed by atoms with E-state index in [0.29, 0.717) is 0 Å². The molecule has 0 aromatic heterocycles. The number of alkyl halides is 3. The van der Waals surface area contributed by atoms with Gasteiger partial charge < -0.3 is 15.2 Å². The zero-order valence-electron chi connectivity index (χ0n) is 13.8. The number of halogens is 4. The third kappa shape index (κ3) is 4.69. The number of piperazine rings is 1. The van der Waals surface area contributed by atoms with E-state index in [-0.39, 0.29) is 17.5 Å². The van der Waals surface area contributed by atoms with E-state index in [1.807, 2.05) is 0 Å². The fourth-order valence-electron chi connectivity index (χ4n) is 3.12. The van der Waals surface area contributed by atoms with Crippen LogP contribution in [0.15, 0.2) is 46.9 Å². The van der Waals surface area contributed by atoms with Crippen LogP contribution in [0.1, 0.15) is 17.2 Å². The maximum absolute atomic E-state index is 12.4. The first-order valence-corrected chi connectivity index (χ1v) is 8.92. The third-order valence-corrected chi connectivity index (χ3v) is 4.94. The van der Waals surface area contributed by atoms with Gasteiger partial charge in [0.2, 0.25) is 0 Å². The quantitative estimate of drug-likeness (QED) is 0.767. The molecule has 26 heavy (non-hydrogen) atoms. The van der Waals surface area contributed by atoms with Gasteiger partial charge in [0, 0.05) is 30.7 Å². The van der Waals surface area contributed by atoms with Crippen LogP contribution >= 0.6 is 15.9 Å². The lowest BCUT2D eigenvalue weighted by Gasteiger charge is -2.36. The summed E-state index contributed by atoms with van der Waals surface area (Å²) in [6.45, 7) is 3.21. The summed E-state index contributed by atoms with van der Waals surface area (Å²) < 4.78 is 41.9. The first-order chi connectivity index (χ1) is 12.3. The van der Waals surface area contributed by atoms with Crippen LogP contribution in [0.25, 0.3) is 0 Å². The largest absolute Gasteiger partial charge is 0.573 e. The molecule has 140 valence electrons. The molecular weight excluding hydrogens is 413 g/mol. The van der Waals surface area contributed by atoms with Gasteiger partial charge in [0.05, 0.1) is 6.04 Å². The Kier molecular flexibility index (Phi) is 5.74. The number of ether oxygens (including phenoxy) is 1. The lowest BCUT2D eigenvalue weighted by molar-refractivity contribution is -0.274. The average molecular weight is 431 g/mol. The highest BCUT2D eigenvalue weighted by atomic mass is 79.9. The van der Waals surface area contributed by atoms with Crippen LogP contribution in [-0.2, 0) is 0 Å². The van der Waals surface area contributed by atoms with Gasteiger partial charge in [0.25, 0.3) is 0 Å². The van der Waals surface area contributed by atoms with E-state index in [4.69, 9.17) is 0 Å². The first-order valence-electron chi connectivity index (χ1n) is 8.12. The maximum Gasteiger partial charge on any atom is 0.573 e. The van der Waals surface area contributed by atoms with Crippen molar-refractivity contribution in [1.82, 2.24) is 10.2 Å². The molecular formula is C18H18BrF3N2O2. The molecule has 0 spiro atoms. The van der Waals surface area contributed by atoms with Gasteiger partial charge in [0.15, 0.2) is 0 Å². The van der Waals surface area contributed by atoms with Crippen LogP contribution in [0.4, 0.5) is 13.2 Å². The molecule has 1 aliphatic rings. The first kappa shape index (κ1) is 19.0. The van der Waals surface area contributed by atoms with Crippen LogP contribution in [-0.4, -0.2) is 42.5 Å². The molecule has 0 radical (unpaired) electrons. The molecule has 4 nitrogen and oxygen atoms in total. The average Bonchev–Trinajstić information content (AvgIpc) is 2.59. The van der Waals surface area contributed by atoms with Crippen molar-refractivity contribution in [3.63, 3.8) is 0 Å². The Morgan fingerprint density at radius 2 is 1.73 bits per heavy atom. The second-order valence-electron chi connectivity index (χ2n) is 6.01. The lowest BCUT2D eigenvalue weighted by atomic mass is 9.96. The molecule has 1 heterocycles. The third-order valence-electron chi connectivity index (χ3n) is 4.22. The fraction of sp³-hybridized carbons (Fsp3) is 0.333. The van der Waals surface area contributed by atoms with Crippen molar-refractivity contribution in [2.24, 2.45) is 0 Å². The summed E-state index contributed by atoms with van der Waals surface area (Å²) in [5.74, 6) is -0.115. The van der Waals surface area contributed by atoms with Crippen molar-refractivity contribution in [2.45, 2.75) is 12.4 Å². The standard InChI is InChI=1S/C18H18BrF3N2O2/c19-16-6-3-13(25)11-15(16)17(24-9-7-23-8-10-24)12-1-4-14(5-2-12)26-18(20,21)22/h1-6,11,17,23,25H,7-10H2/t17-/m1/s1. The van der Waals surface area contributed by atoms with Gasteiger partial charge in [0.1, 0.15) is 11.5 Å². The molecule has 0 aliphatic carbocycles. The van der Waals surface area contributed by atoms with Gasteiger partial charge in [-0.05, 0) is 41.5 Å². The van der Waals surface area contributed by atoms with Crippen LogP contribution < -0.4 is 10.1 Å². The molecule has 2 aromatic carbocycles. The van der Waals surface area contributed by atoms with E-state index in [1.54, 1.807) is 30.3 Å². The van der Waals surface area contributed by atoms with Gasteiger partial charge >= 0.3 is 6.36 Å². The van der Waals surface area contributed by atoms with E-state index < -0.39 is 6.36 Å². The van der Waals surface area contributed by atoms with Crippen LogP contribution in [0, 0.1) is 0 Å². The molecule has 2 N–H and O–H groups in total. The van der Waals surface area contributed by atoms with E-state index in [0.717, 1.165) is 41.8 Å². The summed E-state index contributed by atoms with van der Waals surface area (Å²) in [5, 5.41) is 13.2. The Labute approximate surface area is 157 Å². The van der Waals surface area contributed by atoms with E-state index in [2.05, 4.69) is 30.9 Å². The number of rotatable bonds is 4. The molecule has 1 atom stereocenters. The summed E-state index contributed by atoms with van der Waals surface area (Å²) in [4.78, 5) is 2.23. The smallest absolute Gasteiger partial charge is 0.508 e. The Bertz CT molecular complexity index is 747. The van der Waals surface area contributed by atoms with Crippen molar-refractivity contribution >= 4 is 15.9 Å². The minimum Gasteiger partial charge on any atom is -0.508 e. The highest BCUT2D eigenvalue weighted by Crippen LogP contribution is 2.36. The molecule has 3 rings (SSSR count). The van der Waals surface area contributed by atoms with Crippen molar-refractivity contribution < 1.29 is 23.0 Å². The topological polar surface area (TPSA) is 44.7 Å². The summed E-state index contributed by atoms with van der Waals surface area (Å²) in [6, 6.07) is 10.7. The number of benzene rings is 2. The highest BCUT2D eigenvalue weighted by Gasteiger charge is 2.31. The van der Waals surface area contributed by atoms with Crippen molar-refractivity contribution in [3.8, 4) is 11.5 Å². The second kappa shape index (κ2) is 7.85. The van der Waals surface area contributed by atoms with E-state index in [9.17, 15) is 18.3 Å². The summed E-state index contributed by atoms with van der Waals surface area (Å²) in [5.41, 5.74) is 1.68. The number of phenolic OH excluding ortho intramolecular Hbond substituents is 1. The van der Waals surface area contributed by atoms with Gasteiger partial charge in [-0.3, -0.25) is 4.90 Å². The summed E-state index contributed by atoms with van der Waals surface area (Å²) >= 11 is 3.52. The molecule has 0 saturated carbocycles. The fourth-order valence-corrected chi connectivity index (χ4v) is 3.58. The second-order valence-corrected chi connectivity index (χ2v) is 6.87. The minimum absolute atomic E-state index is 0.139. The van der Waals surface area contributed by atoms with E-state index in [1.165, 1.54) is 12.1 Å². The van der Waals surface area contributed by atoms with Gasteiger partial charge in [-0.1, -0.05) is 28.1 Å². The Hall–Kier alpha value is -1.77. The number of nitrogens with one attached hydrogen (secondary N) is 1. The predicted molar refractivity (Wildman–Crippen MR) is 95.2 cm³/mol. The monoisotopic (exact) mass is 430 g/mol. The predicted octanol–water partition coefficient (Wildman–Crippen LogP) is 4.05. The maximum atomic E-state index is 12.4. The minimum atomic E-state index is -4.71. The molecule has 1 aliphatic heterocycles. The molecule has 8 heteroatoms. The van der Waals surface area contributed by atoms with Gasteiger partial charge in [-0.25, -0.2) is 0 Å². The normalized spacial score (nSPS) is 17.1. The number of phenols is 1. The Balaban J connectivity index is 1.96. The van der Waals surface area contributed by atoms with Crippen molar-refractivity contribution in [2.75, 3.05) is 26.2 Å². The van der Waals surface area contributed by atoms with Crippen LogP contribution in [0.2, 0.25) is 0 Å². The SMILES string of the molecule is Oc1ccc(Br)c([C@@H](c2ccc(OC(F)(F)F)cc2)N2CCNCC2)c1. The number of hydrogen-bond acceptors (Lipinski definition) is 4. The van der Waals surface area contributed by atoms with Crippen LogP contribution in [0.3, 0.4) is 0 Å². The summed E-state index contributed by atoms with van der Waals surface area (Å²) in [7, 11) is 0. The molecule has 0 bridgehead atoms. The molecule has 1 saturated heterocycles. The number of nitrogens with zero attached hydrogens (tertiary/aromatic N) is 1. The van der Waals surface area contributed by atoms with Crippen molar-refractivity contribution in [1.29, 1.82) is 0 Å².